The number of piperazine rings is 1. The van der Waals surface area contributed by atoms with E-state index in [1.54, 1.807) is 38.4 Å². The normalized spacial score (nSPS) is 16.1. The Bertz CT molecular complexity index is 793. The van der Waals surface area contributed by atoms with E-state index in [9.17, 15) is 19.2 Å². The molecule has 3 amide bonds. The highest BCUT2D eigenvalue weighted by atomic mass is 16.5. The minimum absolute atomic E-state index is 0.0650. The first kappa shape index (κ1) is 23.2. The summed E-state index contributed by atoms with van der Waals surface area (Å²) in [5, 5.41) is 5.68. The van der Waals surface area contributed by atoms with Crippen molar-refractivity contribution in [3.8, 4) is 0 Å². The van der Waals surface area contributed by atoms with Crippen LogP contribution in [0.3, 0.4) is 0 Å². The summed E-state index contributed by atoms with van der Waals surface area (Å²) in [5.74, 6) is -1.14. The molecular weight excluding hydrogens is 388 g/mol. The fourth-order valence-electron chi connectivity index (χ4n) is 2.99. The van der Waals surface area contributed by atoms with Gasteiger partial charge in [0.25, 0.3) is 5.91 Å². The van der Waals surface area contributed by atoms with Crippen LogP contribution in [0.1, 0.15) is 30.6 Å². The standard InChI is InChI=1S/C21H30N4O5/c1-14(2)13-30-19(27)11-17-20(28)22-8-9-25(17)18(26)12-23-16-7-5-6-15(10-16)21(29)24(3)4/h5-7,10,14,17,23H,8-9,11-13H2,1-4H3,(H,22,28). The van der Waals surface area contributed by atoms with E-state index in [4.69, 9.17) is 4.74 Å². The van der Waals surface area contributed by atoms with Crippen molar-refractivity contribution in [1.82, 2.24) is 15.1 Å². The molecule has 1 unspecified atom stereocenters. The minimum Gasteiger partial charge on any atom is -0.465 e. The van der Waals surface area contributed by atoms with Crippen LogP contribution in [0.2, 0.25) is 0 Å². The molecule has 1 atom stereocenters. The Kier molecular flexibility index (Phi) is 8.20. The molecule has 0 aromatic heterocycles. The van der Waals surface area contributed by atoms with Crippen molar-refractivity contribution >= 4 is 29.4 Å². The third kappa shape index (κ3) is 6.47. The van der Waals surface area contributed by atoms with Crippen LogP contribution in [0, 0.1) is 5.92 Å². The number of hydrogen-bond donors (Lipinski definition) is 2. The molecule has 2 rings (SSSR count). The average molecular weight is 418 g/mol. The van der Waals surface area contributed by atoms with E-state index in [0.717, 1.165) is 0 Å². The molecule has 9 heteroatoms. The highest BCUT2D eigenvalue weighted by molar-refractivity contribution is 5.95. The summed E-state index contributed by atoms with van der Waals surface area (Å²) in [6, 6.07) is 5.95. The van der Waals surface area contributed by atoms with Crippen LogP contribution in [-0.4, -0.2) is 79.9 Å². The number of ether oxygens (including phenoxy) is 1. The molecule has 1 heterocycles. The van der Waals surface area contributed by atoms with Crippen LogP contribution in [-0.2, 0) is 19.1 Å². The molecule has 0 aliphatic carbocycles. The fraction of sp³-hybridized carbons (Fsp3) is 0.524. The number of hydrogen-bond acceptors (Lipinski definition) is 6. The van der Waals surface area contributed by atoms with Crippen LogP contribution >= 0.6 is 0 Å². The number of carbonyl (C=O) groups excluding carboxylic acids is 4. The number of amides is 3. The predicted molar refractivity (Wildman–Crippen MR) is 112 cm³/mol. The molecule has 164 valence electrons. The molecule has 1 fully saturated rings. The molecule has 1 aliphatic rings. The zero-order valence-corrected chi connectivity index (χ0v) is 17.9. The van der Waals surface area contributed by atoms with Gasteiger partial charge in [-0.1, -0.05) is 19.9 Å². The predicted octanol–water partition coefficient (Wildman–Crippen LogP) is 0.717. The summed E-state index contributed by atoms with van der Waals surface area (Å²) in [5.41, 5.74) is 1.12. The maximum atomic E-state index is 12.8. The number of benzene rings is 1. The molecule has 9 nitrogen and oxygen atoms in total. The van der Waals surface area contributed by atoms with Crippen LogP contribution in [0.4, 0.5) is 5.69 Å². The van der Waals surface area contributed by atoms with E-state index in [2.05, 4.69) is 10.6 Å². The van der Waals surface area contributed by atoms with E-state index in [1.807, 2.05) is 13.8 Å². The van der Waals surface area contributed by atoms with Crippen molar-refractivity contribution in [2.24, 2.45) is 5.92 Å². The number of esters is 1. The first-order chi connectivity index (χ1) is 14.2. The fourth-order valence-corrected chi connectivity index (χ4v) is 2.99. The van der Waals surface area contributed by atoms with Crippen LogP contribution in [0.5, 0.6) is 0 Å². The van der Waals surface area contributed by atoms with E-state index < -0.39 is 12.0 Å². The lowest BCUT2D eigenvalue weighted by Crippen LogP contribution is -2.58. The van der Waals surface area contributed by atoms with Crippen molar-refractivity contribution in [3.63, 3.8) is 0 Å². The number of carbonyl (C=O) groups is 4. The van der Waals surface area contributed by atoms with E-state index in [-0.39, 0.29) is 43.2 Å². The Morgan fingerprint density at radius 2 is 2.03 bits per heavy atom. The Morgan fingerprint density at radius 1 is 1.30 bits per heavy atom. The molecule has 30 heavy (non-hydrogen) atoms. The van der Waals surface area contributed by atoms with Gasteiger partial charge in [0.05, 0.1) is 19.6 Å². The van der Waals surface area contributed by atoms with Crippen molar-refractivity contribution in [1.29, 1.82) is 0 Å². The molecule has 2 N–H and O–H groups in total. The second kappa shape index (κ2) is 10.6. The van der Waals surface area contributed by atoms with Crippen LogP contribution in [0.25, 0.3) is 0 Å². The highest BCUT2D eigenvalue weighted by Crippen LogP contribution is 2.14. The summed E-state index contributed by atoms with van der Waals surface area (Å²) in [4.78, 5) is 52.1. The SMILES string of the molecule is CC(C)COC(=O)CC1C(=O)NCCN1C(=O)CNc1cccc(C(=O)N(C)C)c1. The van der Waals surface area contributed by atoms with Gasteiger partial charge in [-0.15, -0.1) is 0 Å². The minimum atomic E-state index is -0.894. The van der Waals surface area contributed by atoms with Gasteiger partial charge in [0.2, 0.25) is 11.8 Å². The van der Waals surface area contributed by atoms with Gasteiger partial charge < -0.3 is 25.2 Å². The van der Waals surface area contributed by atoms with Gasteiger partial charge in [0.1, 0.15) is 6.04 Å². The maximum Gasteiger partial charge on any atom is 0.308 e. The van der Waals surface area contributed by atoms with Crippen molar-refractivity contribution in [2.75, 3.05) is 45.7 Å². The van der Waals surface area contributed by atoms with Gasteiger partial charge in [0.15, 0.2) is 0 Å². The first-order valence-electron chi connectivity index (χ1n) is 9.97. The van der Waals surface area contributed by atoms with Gasteiger partial charge in [-0.2, -0.15) is 0 Å². The molecule has 0 saturated carbocycles. The lowest BCUT2D eigenvalue weighted by Gasteiger charge is -2.34. The molecule has 1 aromatic rings. The molecular formula is C21H30N4O5. The summed E-state index contributed by atoms with van der Waals surface area (Å²) < 4.78 is 5.16. The summed E-state index contributed by atoms with van der Waals surface area (Å²) in [6.07, 6.45) is -0.183. The number of nitrogens with zero attached hydrogens (tertiary/aromatic N) is 2. The Labute approximate surface area is 176 Å². The van der Waals surface area contributed by atoms with Gasteiger partial charge in [0, 0.05) is 38.4 Å². The van der Waals surface area contributed by atoms with Crippen LogP contribution < -0.4 is 10.6 Å². The summed E-state index contributed by atoms with van der Waals surface area (Å²) in [7, 11) is 3.33. The van der Waals surface area contributed by atoms with Gasteiger partial charge in [-0.05, 0) is 24.1 Å². The Balaban J connectivity index is 2.00. The second-order valence-corrected chi connectivity index (χ2v) is 7.81. The summed E-state index contributed by atoms with van der Waals surface area (Å²) in [6.45, 7) is 4.68. The van der Waals surface area contributed by atoms with Gasteiger partial charge in [-0.25, -0.2) is 0 Å². The molecule has 1 aliphatic heterocycles. The third-order valence-electron chi connectivity index (χ3n) is 4.55. The third-order valence-corrected chi connectivity index (χ3v) is 4.55. The number of nitrogens with one attached hydrogen (secondary N) is 2. The lowest BCUT2D eigenvalue weighted by molar-refractivity contribution is -0.152. The van der Waals surface area contributed by atoms with Gasteiger partial charge >= 0.3 is 5.97 Å². The van der Waals surface area contributed by atoms with E-state index in [1.165, 1.54) is 9.80 Å². The number of rotatable bonds is 8. The molecule has 1 saturated heterocycles. The largest absolute Gasteiger partial charge is 0.465 e. The number of anilines is 1. The van der Waals surface area contributed by atoms with Crippen molar-refractivity contribution < 1.29 is 23.9 Å². The van der Waals surface area contributed by atoms with Crippen molar-refractivity contribution in [2.45, 2.75) is 26.3 Å². The lowest BCUT2D eigenvalue weighted by atomic mass is 10.1. The average Bonchev–Trinajstić information content (AvgIpc) is 2.71. The molecule has 0 bridgehead atoms. The molecule has 1 aromatic carbocycles. The monoisotopic (exact) mass is 418 g/mol. The van der Waals surface area contributed by atoms with E-state index in [0.29, 0.717) is 24.3 Å². The summed E-state index contributed by atoms with van der Waals surface area (Å²) >= 11 is 0. The van der Waals surface area contributed by atoms with Crippen LogP contribution in [0.15, 0.2) is 24.3 Å². The Morgan fingerprint density at radius 3 is 2.70 bits per heavy atom. The van der Waals surface area contributed by atoms with Gasteiger partial charge in [-0.3, -0.25) is 19.2 Å². The van der Waals surface area contributed by atoms with E-state index >= 15 is 0 Å². The quantitative estimate of drug-likeness (QED) is 0.602. The van der Waals surface area contributed by atoms with Crippen molar-refractivity contribution in [3.05, 3.63) is 29.8 Å². The zero-order valence-electron chi connectivity index (χ0n) is 17.9. The zero-order chi connectivity index (χ0) is 22.3. The highest BCUT2D eigenvalue weighted by Gasteiger charge is 2.35. The smallest absolute Gasteiger partial charge is 0.308 e. The maximum absolute atomic E-state index is 12.8. The second-order valence-electron chi connectivity index (χ2n) is 7.81. The molecule has 0 spiro atoms. The Hall–Kier alpha value is -3.10. The topological polar surface area (TPSA) is 108 Å². The molecule has 0 radical (unpaired) electrons. The first-order valence-corrected chi connectivity index (χ1v) is 9.97.